The molecule has 1 unspecified atom stereocenters. The van der Waals surface area contributed by atoms with Crippen LogP contribution >= 0.6 is 0 Å². The molecule has 1 atom stereocenters. The molecule has 3 heteroatoms. The highest BCUT2D eigenvalue weighted by Gasteiger charge is 2.09. The van der Waals surface area contributed by atoms with Crippen LogP contribution in [0.25, 0.3) is 0 Å². The molecule has 1 aromatic heterocycles. The van der Waals surface area contributed by atoms with Crippen molar-refractivity contribution < 1.29 is 0 Å². The molecule has 3 nitrogen and oxygen atoms in total. The van der Waals surface area contributed by atoms with Crippen LogP contribution in [0.5, 0.6) is 0 Å². The first-order chi connectivity index (χ1) is 7.24. The maximum atomic E-state index is 5.99. The number of aryl methyl sites for hydroxylation is 1. The second-order valence-corrected chi connectivity index (χ2v) is 4.43. The van der Waals surface area contributed by atoms with Gasteiger partial charge in [-0.05, 0) is 31.2 Å². The first kappa shape index (κ1) is 10.4. The van der Waals surface area contributed by atoms with Gasteiger partial charge in [0, 0.05) is 19.3 Å². The van der Waals surface area contributed by atoms with Gasteiger partial charge < -0.3 is 5.73 Å². The Balaban J connectivity index is 2.04. The molecular formula is C12H19N3. The first-order valence-corrected chi connectivity index (χ1v) is 5.67. The topological polar surface area (TPSA) is 43.8 Å². The lowest BCUT2D eigenvalue weighted by atomic mass is 10.0. The van der Waals surface area contributed by atoms with Crippen LogP contribution in [0.1, 0.15) is 31.2 Å². The summed E-state index contributed by atoms with van der Waals surface area (Å²) < 4.78 is 1.85. The molecule has 0 saturated carbocycles. The molecule has 1 aliphatic carbocycles. The maximum absolute atomic E-state index is 5.99. The number of rotatable bonds is 2. The number of allylic oxidation sites excluding steroid dienone is 1. The molecule has 15 heavy (non-hydrogen) atoms. The smallest absolute Gasteiger partial charge is 0.0524 e. The van der Waals surface area contributed by atoms with Crippen molar-refractivity contribution in [1.29, 1.82) is 0 Å². The molecule has 0 aromatic carbocycles. The number of nitrogens with two attached hydrogens (primary N) is 1. The van der Waals surface area contributed by atoms with Gasteiger partial charge in [0.25, 0.3) is 0 Å². The standard InChI is InChI=1S/C12H19N3/c1-15-9-11(8-14-15)6-10-4-2-3-5-12(13)7-10/h7-9,12H,2-6,13H2,1H3. The Morgan fingerprint density at radius 3 is 3.13 bits per heavy atom. The fourth-order valence-electron chi connectivity index (χ4n) is 2.17. The lowest BCUT2D eigenvalue weighted by Crippen LogP contribution is -2.16. The van der Waals surface area contributed by atoms with Crippen LogP contribution < -0.4 is 5.73 Å². The average Bonchev–Trinajstić information content (AvgIpc) is 2.46. The zero-order valence-corrected chi connectivity index (χ0v) is 9.32. The fraction of sp³-hybridized carbons (Fsp3) is 0.583. The summed E-state index contributed by atoms with van der Waals surface area (Å²) in [6, 6.07) is 0.263. The Kier molecular flexibility index (Phi) is 3.21. The van der Waals surface area contributed by atoms with Gasteiger partial charge in [-0.25, -0.2) is 0 Å². The highest BCUT2D eigenvalue weighted by molar-refractivity contribution is 5.18. The SMILES string of the molecule is Cn1cc(CC2=CC(N)CCCC2)cn1. The second-order valence-electron chi connectivity index (χ2n) is 4.43. The first-order valence-electron chi connectivity index (χ1n) is 5.67. The minimum Gasteiger partial charge on any atom is -0.324 e. The summed E-state index contributed by atoms with van der Waals surface area (Å²) in [6.07, 6.45) is 12.2. The molecule has 0 fully saturated rings. The molecule has 2 rings (SSSR count). The summed E-state index contributed by atoms with van der Waals surface area (Å²) in [6.45, 7) is 0. The van der Waals surface area contributed by atoms with E-state index in [2.05, 4.69) is 17.4 Å². The van der Waals surface area contributed by atoms with Gasteiger partial charge in [0.2, 0.25) is 0 Å². The molecule has 0 amide bonds. The fourth-order valence-corrected chi connectivity index (χ4v) is 2.17. The summed E-state index contributed by atoms with van der Waals surface area (Å²) >= 11 is 0. The van der Waals surface area contributed by atoms with E-state index in [0.717, 1.165) is 12.8 Å². The van der Waals surface area contributed by atoms with Gasteiger partial charge in [-0.2, -0.15) is 5.10 Å². The van der Waals surface area contributed by atoms with Crippen molar-refractivity contribution in [2.45, 2.75) is 38.1 Å². The monoisotopic (exact) mass is 205 g/mol. The highest BCUT2D eigenvalue weighted by atomic mass is 15.2. The molecule has 0 spiro atoms. The van der Waals surface area contributed by atoms with Gasteiger partial charge in [0.05, 0.1) is 6.20 Å². The van der Waals surface area contributed by atoms with Crippen molar-refractivity contribution in [3.63, 3.8) is 0 Å². The van der Waals surface area contributed by atoms with Crippen LogP contribution in [-0.2, 0) is 13.5 Å². The third-order valence-electron chi connectivity index (χ3n) is 2.92. The summed E-state index contributed by atoms with van der Waals surface area (Å²) in [5, 5.41) is 4.18. The molecule has 0 radical (unpaired) electrons. The Labute approximate surface area is 91.0 Å². The molecule has 0 saturated heterocycles. The maximum Gasteiger partial charge on any atom is 0.0524 e. The van der Waals surface area contributed by atoms with E-state index in [1.807, 2.05) is 17.9 Å². The van der Waals surface area contributed by atoms with Crippen LogP contribution in [0.15, 0.2) is 24.0 Å². The minimum absolute atomic E-state index is 0.263. The van der Waals surface area contributed by atoms with E-state index < -0.39 is 0 Å². The largest absolute Gasteiger partial charge is 0.324 e. The van der Waals surface area contributed by atoms with Crippen molar-refractivity contribution in [3.8, 4) is 0 Å². The Morgan fingerprint density at radius 2 is 2.40 bits per heavy atom. The van der Waals surface area contributed by atoms with Gasteiger partial charge in [0.15, 0.2) is 0 Å². The summed E-state index contributed by atoms with van der Waals surface area (Å²) in [5.41, 5.74) is 8.76. The Morgan fingerprint density at radius 1 is 1.53 bits per heavy atom. The second kappa shape index (κ2) is 4.62. The van der Waals surface area contributed by atoms with Crippen molar-refractivity contribution in [2.24, 2.45) is 12.8 Å². The van der Waals surface area contributed by atoms with Crippen LogP contribution in [0, 0.1) is 0 Å². The van der Waals surface area contributed by atoms with Gasteiger partial charge >= 0.3 is 0 Å². The van der Waals surface area contributed by atoms with Gasteiger partial charge in [0.1, 0.15) is 0 Å². The molecule has 1 heterocycles. The van der Waals surface area contributed by atoms with Crippen molar-refractivity contribution in [2.75, 3.05) is 0 Å². The zero-order chi connectivity index (χ0) is 10.7. The van der Waals surface area contributed by atoms with Crippen LogP contribution in [0.3, 0.4) is 0 Å². The van der Waals surface area contributed by atoms with Crippen molar-refractivity contribution in [3.05, 3.63) is 29.6 Å². The lowest BCUT2D eigenvalue weighted by molar-refractivity contribution is 0.654. The number of nitrogens with zero attached hydrogens (tertiary/aromatic N) is 2. The zero-order valence-electron chi connectivity index (χ0n) is 9.32. The molecule has 0 bridgehead atoms. The third kappa shape index (κ3) is 2.93. The Bertz CT molecular complexity index is 352. The van der Waals surface area contributed by atoms with E-state index in [9.17, 15) is 0 Å². The number of hydrogen-bond acceptors (Lipinski definition) is 2. The van der Waals surface area contributed by atoms with E-state index in [0.29, 0.717) is 0 Å². The number of aromatic nitrogens is 2. The van der Waals surface area contributed by atoms with Crippen LogP contribution in [-0.4, -0.2) is 15.8 Å². The Hall–Kier alpha value is -1.09. The van der Waals surface area contributed by atoms with Gasteiger partial charge in [-0.3, -0.25) is 4.68 Å². The normalized spacial score (nSPS) is 22.3. The van der Waals surface area contributed by atoms with Crippen molar-refractivity contribution in [1.82, 2.24) is 9.78 Å². The lowest BCUT2D eigenvalue weighted by Gasteiger charge is -2.04. The highest BCUT2D eigenvalue weighted by Crippen LogP contribution is 2.20. The third-order valence-corrected chi connectivity index (χ3v) is 2.92. The van der Waals surface area contributed by atoms with E-state index >= 15 is 0 Å². The predicted molar refractivity (Wildman–Crippen MR) is 61.4 cm³/mol. The molecule has 1 aliphatic rings. The van der Waals surface area contributed by atoms with Gasteiger partial charge in [-0.15, -0.1) is 0 Å². The van der Waals surface area contributed by atoms with E-state index in [4.69, 9.17) is 5.73 Å². The van der Waals surface area contributed by atoms with Crippen LogP contribution in [0.4, 0.5) is 0 Å². The molecular weight excluding hydrogens is 186 g/mol. The number of hydrogen-bond donors (Lipinski definition) is 1. The summed E-state index contributed by atoms with van der Waals surface area (Å²) in [7, 11) is 1.96. The van der Waals surface area contributed by atoms with Crippen LogP contribution in [0.2, 0.25) is 0 Å². The molecule has 82 valence electrons. The quantitative estimate of drug-likeness (QED) is 0.748. The average molecular weight is 205 g/mol. The summed E-state index contributed by atoms with van der Waals surface area (Å²) in [5.74, 6) is 0. The van der Waals surface area contributed by atoms with E-state index in [-0.39, 0.29) is 6.04 Å². The predicted octanol–water partition coefficient (Wildman–Crippen LogP) is 1.79. The van der Waals surface area contributed by atoms with Gasteiger partial charge in [-0.1, -0.05) is 18.1 Å². The molecule has 2 N–H and O–H groups in total. The van der Waals surface area contributed by atoms with E-state index in [1.165, 1.54) is 30.4 Å². The molecule has 0 aliphatic heterocycles. The van der Waals surface area contributed by atoms with E-state index in [1.54, 1.807) is 0 Å². The van der Waals surface area contributed by atoms with Crippen molar-refractivity contribution >= 4 is 0 Å². The summed E-state index contributed by atoms with van der Waals surface area (Å²) in [4.78, 5) is 0. The minimum atomic E-state index is 0.263. The molecule has 1 aromatic rings.